The summed E-state index contributed by atoms with van der Waals surface area (Å²) in [6, 6.07) is 14.9. The highest BCUT2D eigenvalue weighted by atomic mass is 79.9. The van der Waals surface area contributed by atoms with E-state index in [4.69, 9.17) is 4.74 Å². The molecule has 0 spiro atoms. The van der Waals surface area contributed by atoms with E-state index >= 15 is 0 Å². The third-order valence-corrected chi connectivity index (χ3v) is 5.88. The number of benzene rings is 2. The van der Waals surface area contributed by atoms with Gasteiger partial charge in [-0.1, -0.05) is 34.1 Å². The largest absolute Gasteiger partial charge is 0.497 e. The molecule has 2 heterocycles. The Morgan fingerprint density at radius 3 is 2.36 bits per heavy atom. The maximum atomic E-state index is 13.0. The van der Waals surface area contributed by atoms with E-state index in [9.17, 15) is 9.59 Å². The minimum Gasteiger partial charge on any atom is -0.497 e. The first-order valence-corrected chi connectivity index (χ1v) is 10.1. The second-order valence-electron chi connectivity index (χ2n) is 6.97. The maximum absolute atomic E-state index is 13.0. The number of ether oxygens (including phenoxy) is 1. The van der Waals surface area contributed by atoms with Crippen LogP contribution >= 0.6 is 15.9 Å². The minimum atomic E-state index is -0.391. The van der Waals surface area contributed by atoms with Gasteiger partial charge >= 0.3 is 0 Å². The molecule has 1 atom stereocenters. The van der Waals surface area contributed by atoms with E-state index in [0.717, 1.165) is 17.4 Å². The number of hydrogen-bond donors (Lipinski definition) is 0. The average molecular weight is 441 g/mol. The molecule has 0 radical (unpaired) electrons. The molecule has 1 fully saturated rings. The van der Waals surface area contributed by atoms with E-state index in [1.807, 2.05) is 12.1 Å². The zero-order chi connectivity index (χ0) is 19.7. The molecule has 2 aromatic rings. The molecule has 2 aliphatic rings. The van der Waals surface area contributed by atoms with Gasteiger partial charge in [0.1, 0.15) is 5.75 Å². The number of anilines is 1. The van der Waals surface area contributed by atoms with Gasteiger partial charge in [-0.3, -0.25) is 14.5 Å². The fourth-order valence-electron chi connectivity index (χ4n) is 3.80. The molecule has 0 saturated carbocycles. The van der Waals surface area contributed by atoms with Gasteiger partial charge in [0, 0.05) is 17.6 Å². The fraction of sp³-hybridized carbons (Fsp3) is 0.273. The molecule has 2 aliphatic heterocycles. The Morgan fingerprint density at radius 1 is 1.04 bits per heavy atom. The molecule has 4 rings (SSSR count). The zero-order valence-electron chi connectivity index (χ0n) is 15.6. The summed E-state index contributed by atoms with van der Waals surface area (Å²) in [6.45, 7) is 1.44. The van der Waals surface area contributed by atoms with Gasteiger partial charge in [-0.25, -0.2) is 4.90 Å². The maximum Gasteiger partial charge on any atom is 0.251 e. The van der Waals surface area contributed by atoms with Crippen LogP contribution in [-0.4, -0.2) is 43.0 Å². The van der Waals surface area contributed by atoms with Gasteiger partial charge in [0.2, 0.25) is 5.91 Å². The van der Waals surface area contributed by atoms with Crippen molar-refractivity contribution in [2.75, 3.05) is 25.1 Å². The van der Waals surface area contributed by atoms with E-state index in [0.29, 0.717) is 18.0 Å². The Labute approximate surface area is 172 Å². The van der Waals surface area contributed by atoms with Crippen LogP contribution in [0.5, 0.6) is 5.75 Å². The van der Waals surface area contributed by atoms with Crippen LogP contribution in [0.1, 0.15) is 18.4 Å². The van der Waals surface area contributed by atoms with Crippen LogP contribution in [0.2, 0.25) is 0 Å². The lowest BCUT2D eigenvalue weighted by atomic mass is 9.98. The van der Waals surface area contributed by atoms with Crippen molar-refractivity contribution in [3.63, 3.8) is 0 Å². The molecule has 2 amide bonds. The smallest absolute Gasteiger partial charge is 0.251 e. The van der Waals surface area contributed by atoms with Gasteiger partial charge in [0.05, 0.1) is 25.3 Å². The molecule has 6 heteroatoms. The molecule has 0 N–H and O–H groups in total. The van der Waals surface area contributed by atoms with Crippen molar-refractivity contribution < 1.29 is 14.3 Å². The van der Waals surface area contributed by atoms with Crippen molar-refractivity contribution in [3.05, 3.63) is 64.6 Å². The van der Waals surface area contributed by atoms with Crippen LogP contribution in [0.15, 0.2) is 59.1 Å². The van der Waals surface area contributed by atoms with E-state index in [2.05, 4.69) is 39.0 Å². The van der Waals surface area contributed by atoms with Crippen LogP contribution in [0, 0.1) is 0 Å². The number of imide groups is 1. The molecule has 1 saturated heterocycles. The average Bonchev–Trinajstić information content (AvgIpc) is 3.03. The summed E-state index contributed by atoms with van der Waals surface area (Å²) in [5.74, 6) is 0.402. The molecule has 0 aliphatic carbocycles. The van der Waals surface area contributed by atoms with Crippen molar-refractivity contribution in [2.24, 2.45) is 0 Å². The van der Waals surface area contributed by atoms with Crippen LogP contribution in [0.25, 0.3) is 5.57 Å². The third kappa shape index (κ3) is 3.62. The van der Waals surface area contributed by atoms with Crippen molar-refractivity contribution in [2.45, 2.75) is 18.9 Å². The molecule has 2 aromatic carbocycles. The minimum absolute atomic E-state index is 0.143. The molecular formula is C22H21BrN2O3. The van der Waals surface area contributed by atoms with Crippen molar-refractivity contribution in [1.82, 2.24) is 4.90 Å². The second-order valence-corrected chi connectivity index (χ2v) is 7.88. The molecular weight excluding hydrogens is 420 g/mol. The first-order chi connectivity index (χ1) is 13.6. The Morgan fingerprint density at radius 2 is 1.75 bits per heavy atom. The molecule has 0 aromatic heterocycles. The predicted molar refractivity (Wildman–Crippen MR) is 112 cm³/mol. The summed E-state index contributed by atoms with van der Waals surface area (Å²) in [6.07, 6.45) is 3.26. The topological polar surface area (TPSA) is 49.9 Å². The number of carbonyl (C=O) groups excluding carboxylic acids is 2. The number of nitrogens with zero attached hydrogens (tertiary/aromatic N) is 2. The molecule has 144 valence electrons. The van der Waals surface area contributed by atoms with Gasteiger partial charge in [0.25, 0.3) is 5.91 Å². The second kappa shape index (κ2) is 7.89. The van der Waals surface area contributed by atoms with E-state index in [-0.39, 0.29) is 18.2 Å². The molecule has 1 unspecified atom stereocenters. The van der Waals surface area contributed by atoms with Gasteiger partial charge < -0.3 is 4.74 Å². The van der Waals surface area contributed by atoms with Gasteiger partial charge in [0.15, 0.2) is 0 Å². The van der Waals surface area contributed by atoms with Crippen LogP contribution in [-0.2, 0) is 9.59 Å². The predicted octanol–water partition coefficient (Wildman–Crippen LogP) is 3.88. The highest BCUT2D eigenvalue weighted by molar-refractivity contribution is 9.10. The van der Waals surface area contributed by atoms with E-state index in [1.165, 1.54) is 16.0 Å². The summed E-state index contributed by atoms with van der Waals surface area (Å²) >= 11 is 3.46. The summed E-state index contributed by atoms with van der Waals surface area (Å²) < 4.78 is 6.21. The number of methoxy groups -OCH3 is 1. The molecule has 28 heavy (non-hydrogen) atoms. The van der Waals surface area contributed by atoms with Crippen molar-refractivity contribution >= 4 is 39.0 Å². The van der Waals surface area contributed by atoms with Crippen molar-refractivity contribution in [3.8, 4) is 5.75 Å². The highest BCUT2D eigenvalue weighted by Gasteiger charge is 2.42. The van der Waals surface area contributed by atoms with Gasteiger partial charge in [-0.05, 0) is 54.0 Å². The number of hydrogen-bond acceptors (Lipinski definition) is 4. The van der Waals surface area contributed by atoms with Crippen LogP contribution in [0.4, 0.5) is 5.69 Å². The summed E-state index contributed by atoms with van der Waals surface area (Å²) in [5.41, 5.74) is 3.09. The quantitative estimate of drug-likeness (QED) is 0.676. The van der Waals surface area contributed by atoms with Crippen molar-refractivity contribution in [1.29, 1.82) is 0 Å². The molecule has 5 nitrogen and oxygen atoms in total. The highest BCUT2D eigenvalue weighted by Crippen LogP contribution is 2.30. The molecule has 0 bridgehead atoms. The normalized spacial score (nSPS) is 20.4. The standard InChI is InChI=1S/C22H21BrN2O3/c1-28-19-8-6-18(7-9-19)25-21(26)14-20(22(25)27)24-12-10-16(11-13-24)15-2-4-17(23)5-3-15/h2-10,20H,11-14H2,1H3. The third-order valence-electron chi connectivity index (χ3n) is 5.35. The van der Waals surface area contributed by atoms with E-state index in [1.54, 1.807) is 31.4 Å². The SMILES string of the molecule is COc1ccc(N2C(=O)CC(N3CC=C(c4ccc(Br)cc4)CC3)C2=O)cc1. The Balaban J connectivity index is 1.47. The zero-order valence-corrected chi connectivity index (χ0v) is 17.2. The lowest BCUT2D eigenvalue weighted by Gasteiger charge is -2.30. The summed E-state index contributed by atoms with van der Waals surface area (Å²) in [7, 11) is 1.59. The number of carbonyl (C=O) groups is 2. The summed E-state index contributed by atoms with van der Waals surface area (Å²) in [5, 5.41) is 0. The van der Waals surface area contributed by atoms with Gasteiger partial charge in [-0.2, -0.15) is 0 Å². The number of halogens is 1. The Kier molecular flexibility index (Phi) is 5.33. The lowest BCUT2D eigenvalue weighted by Crippen LogP contribution is -2.44. The fourth-order valence-corrected chi connectivity index (χ4v) is 4.06. The van der Waals surface area contributed by atoms with Gasteiger partial charge in [-0.15, -0.1) is 0 Å². The van der Waals surface area contributed by atoms with Crippen LogP contribution in [0.3, 0.4) is 0 Å². The number of rotatable bonds is 4. The monoisotopic (exact) mass is 440 g/mol. The number of amides is 2. The Hall–Kier alpha value is -2.44. The summed E-state index contributed by atoms with van der Waals surface area (Å²) in [4.78, 5) is 28.9. The van der Waals surface area contributed by atoms with Crippen LogP contribution < -0.4 is 9.64 Å². The first-order valence-electron chi connectivity index (χ1n) is 9.26. The Bertz CT molecular complexity index is 922. The first kappa shape index (κ1) is 18.9. The van der Waals surface area contributed by atoms with E-state index < -0.39 is 6.04 Å². The lowest BCUT2D eigenvalue weighted by molar-refractivity contribution is -0.122.